The first kappa shape index (κ1) is 27.8. The summed E-state index contributed by atoms with van der Waals surface area (Å²) in [5, 5.41) is 15.7. The minimum atomic E-state index is -0.625. The Morgan fingerprint density at radius 3 is 2.59 bits per heavy atom. The molecular weight excluding hydrogens is 501 g/mol. The van der Waals surface area contributed by atoms with E-state index >= 15 is 0 Å². The number of aryl methyl sites for hydroxylation is 1. The maximum absolute atomic E-state index is 14.8. The largest absolute Gasteiger partial charge is 0.369 e. The van der Waals surface area contributed by atoms with E-state index in [0.717, 1.165) is 24.2 Å². The molecule has 2 aromatic heterocycles. The van der Waals surface area contributed by atoms with Crippen LogP contribution in [-0.4, -0.2) is 58.9 Å². The second-order valence-corrected chi connectivity index (χ2v) is 10.9. The fourth-order valence-electron chi connectivity index (χ4n) is 4.23. The van der Waals surface area contributed by atoms with Gasteiger partial charge in [-0.05, 0) is 66.4 Å². The first-order valence-corrected chi connectivity index (χ1v) is 12.7. The van der Waals surface area contributed by atoms with Crippen molar-refractivity contribution in [2.75, 3.05) is 53.4 Å². The molecule has 11 nitrogen and oxygen atoms in total. The number of hydrogen-bond donors (Lipinski definition) is 4. The molecule has 1 aliphatic rings. The lowest BCUT2D eigenvalue weighted by atomic mass is 10.1. The van der Waals surface area contributed by atoms with E-state index in [9.17, 15) is 14.0 Å². The third-order valence-electron chi connectivity index (χ3n) is 6.41. The number of amides is 4. The molecule has 0 bridgehead atoms. The number of fused-ring (bicyclic) bond motifs is 1. The summed E-state index contributed by atoms with van der Waals surface area (Å²) in [6, 6.07) is 1.78. The lowest BCUT2D eigenvalue weighted by molar-refractivity contribution is 0.256. The van der Waals surface area contributed by atoms with Gasteiger partial charge in [0.05, 0.1) is 41.0 Å². The molecule has 4 N–H and O–H groups in total. The summed E-state index contributed by atoms with van der Waals surface area (Å²) in [6.45, 7) is 11.4. The van der Waals surface area contributed by atoms with E-state index in [2.05, 4.69) is 36.2 Å². The third-order valence-corrected chi connectivity index (χ3v) is 6.41. The summed E-state index contributed by atoms with van der Waals surface area (Å²) in [6.07, 6.45) is 4.96. The van der Waals surface area contributed by atoms with Crippen LogP contribution in [0.4, 0.5) is 42.5 Å². The minimum absolute atomic E-state index is 0.0512. The van der Waals surface area contributed by atoms with Crippen LogP contribution in [0.3, 0.4) is 0 Å². The first-order chi connectivity index (χ1) is 18.3. The highest BCUT2D eigenvalue weighted by Crippen LogP contribution is 2.35. The first-order valence-electron chi connectivity index (χ1n) is 12.7. The fourth-order valence-corrected chi connectivity index (χ4v) is 4.23. The van der Waals surface area contributed by atoms with Gasteiger partial charge in [0.1, 0.15) is 11.6 Å². The number of likely N-dealkylation sites (N-methyl/N-ethyl adjacent to an activating group) is 1. The van der Waals surface area contributed by atoms with Crippen molar-refractivity contribution >= 4 is 40.6 Å². The van der Waals surface area contributed by atoms with E-state index in [1.54, 1.807) is 24.0 Å². The van der Waals surface area contributed by atoms with E-state index in [0.29, 0.717) is 28.4 Å². The summed E-state index contributed by atoms with van der Waals surface area (Å²) >= 11 is 0. The predicted molar refractivity (Wildman–Crippen MR) is 152 cm³/mol. The summed E-state index contributed by atoms with van der Waals surface area (Å²) in [7, 11) is 3.99. The molecule has 0 aliphatic carbocycles. The number of urea groups is 2. The smallest absolute Gasteiger partial charge is 0.326 e. The summed E-state index contributed by atoms with van der Waals surface area (Å²) in [5.74, 6) is 0.105. The Kier molecular flexibility index (Phi) is 7.77. The number of rotatable bonds is 7. The molecule has 4 amide bonds. The maximum Gasteiger partial charge on any atom is 0.326 e. The zero-order valence-corrected chi connectivity index (χ0v) is 23.4. The number of hydrogen-bond acceptors (Lipinski definition) is 6. The number of anilines is 5. The molecule has 0 radical (unpaired) electrons. The second-order valence-electron chi connectivity index (χ2n) is 10.9. The Labute approximate surface area is 227 Å². The Hall–Kier alpha value is -4.19. The van der Waals surface area contributed by atoms with Gasteiger partial charge in [0.25, 0.3) is 0 Å². The highest BCUT2D eigenvalue weighted by Gasteiger charge is 2.28. The molecule has 208 valence electrons. The van der Waals surface area contributed by atoms with Crippen molar-refractivity contribution in [3.8, 4) is 0 Å². The molecule has 3 aromatic rings. The quantitative estimate of drug-likeness (QED) is 0.338. The van der Waals surface area contributed by atoms with Crippen molar-refractivity contribution in [3.05, 3.63) is 53.2 Å². The van der Waals surface area contributed by atoms with Crippen molar-refractivity contribution in [1.82, 2.24) is 19.7 Å². The Bertz CT molecular complexity index is 1390. The van der Waals surface area contributed by atoms with Gasteiger partial charge in [-0.1, -0.05) is 0 Å². The van der Waals surface area contributed by atoms with Gasteiger partial charge in [0, 0.05) is 36.6 Å². The number of halogens is 1. The van der Waals surface area contributed by atoms with E-state index in [4.69, 9.17) is 0 Å². The van der Waals surface area contributed by atoms with Crippen molar-refractivity contribution in [3.63, 3.8) is 0 Å². The molecule has 1 aliphatic heterocycles. The molecule has 0 saturated carbocycles. The van der Waals surface area contributed by atoms with Gasteiger partial charge >= 0.3 is 12.1 Å². The lowest BCUT2D eigenvalue weighted by Gasteiger charge is -2.32. The highest BCUT2D eigenvalue weighted by atomic mass is 19.1. The SMILES string of the molecule is Cc1cc(F)c(NC(=O)Nc2cnn(C(C)(C)C)c2)cc1N1Cc2cnc(NCCN(C)C)c(C)c2NC1=O. The van der Waals surface area contributed by atoms with E-state index in [-0.39, 0.29) is 23.8 Å². The zero-order valence-electron chi connectivity index (χ0n) is 23.4. The average molecular weight is 538 g/mol. The van der Waals surface area contributed by atoms with Gasteiger partial charge in [-0.2, -0.15) is 5.10 Å². The third kappa shape index (κ3) is 6.28. The number of benzene rings is 1. The molecule has 0 atom stereocenters. The van der Waals surface area contributed by atoms with Crippen LogP contribution < -0.4 is 26.2 Å². The van der Waals surface area contributed by atoms with Gasteiger partial charge in [0.15, 0.2) is 0 Å². The van der Waals surface area contributed by atoms with Crippen LogP contribution in [0.1, 0.15) is 37.5 Å². The molecule has 4 rings (SSSR count). The van der Waals surface area contributed by atoms with Crippen molar-refractivity contribution in [1.29, 1.82) is 0 Å². The van der Waals surface area contributed by atoms with Crippen molar-refractivity contribution in [2.24, 2.45) is 0 Å². The number of aromatic nitrogens is 3. The van der Waals surface area contributed by atoms with Gasteiger partial charge in [-0.3, -0.25) is 9.58 Å². The van der Waals surface area contributed by atoms with Gasteiger partial charge < -0.3 is 26.2 Å². The maximum atomic E-state index is 14.8. The van der Waals surface area contributed by atoms with Gasteiger partial charge in [-0.25, -0.2) is 19.0 Å². The normalized spacial score (nSPS) is 13.3. The molecule has 39 heavy (non-hydrogen) atoms. The minimum Gasteiger partial charge on any atom is -0.369 e. The van der Waals surface area contributed by atoms with E-state index < -0.39 is 11.8 Å². The van der Waals surface area contributed by atoms with E-state index in [1.807, 2.05) is 41.8 Å². The molecular formula is C27H36FN9O2. The van der Waals surface area contributed by atoms with Crippen LogP contribution in [0.25, 0.3) is 0 Å². The van der Waals surface area contributed by atoms with Crippen molar-refractivity contribution in [2.45, 2.75) is 46.7 Å². The summed E-state index contributed by atoms with van der Waals surface area (Å²) in [5.41, 5.74) is 3.59. The van der Waals surface area contributed by atoms with Gasteiger partial charge in [-0.15, -0.1) is 0 Å². The second kappa shape index (κ2) is 10.9. The Balaban J connectivity index is 1.52. The molecule has 0 fully saturated rings. The number of carbonyl (C=O) groups excluding carboxylic acids is 2. The molecule has 0 unspecified atom stereocenters. The number of nitrogens with zero attached hydrogens (tertiary/aromatic N) is 5. The van der Waals surface area contributed by atoms with Crippen LogP contribution in [0.15, 0.2) is 30.7 Å². The van der Waals surface area contributed by atoms with Gasteiger partial charge in [0.2, 0.25) is 0 Å². The molecule has 3 heterocycles. The summed E-state index contributed by atoms with van der Waals surface area (Å²) < 4.78 is 16.6. The fraction of sp³-hybridized carbons (Fsp3) is 0.407. The van der Waals surface area contributed by atoms with Crippen LogP contribution in [0.2, 0.25) is 0 Å². The zero-order chi connectivity index (χ0) is 28.5. The predicted octanol–water partition coefficient (Wildman–Crippen LogP) is 4.96. The van der Waals surface area contributed by atoms with Crippen LogP contribution in [0, 0.1) is 19.7 Å². The highest BCUT2D eigenvalue weighted by molar-refractivity contribution is 6.06. The molecule has 12 heteroatoms. The van der Waals surface area contributed by atoms with Crippen molar-refractivity contribution < 1.29 is 14.0 Å². The Morgan fingerprint density at radius 1 is 1.18 bits per heavy atom. The molecule has 1 aromatic carbocycles. The van der Waals surface area contributed by atoms with E-state index in [1.165, 1.54) is 23.2 Å². The standard InChI is InChI=1S/C27H36FN9O2/c1-16-10-20(28)21(33-25(38)32-19-13-31-37(15-19)27(3,4)5)11-22(16)36-14-18-12-30-24(29-8-9-35(6)7)17(2)23(18)34-26(36)39/h10-13,15H,8-9,14H2,1-7H3,(H,29,30)(H,34,39)(H2,32,33,38). The number of carbonyl (C=O) groups is 2. The molecule has 0 saturated heterocycles. The lowest BCUT2D eigenvalue weighted by Crippen LogP contribution is -2.39. The van der Waals surface area contributed by atoms with Crippen LogP contribution in [-0.2, 0) is 12.1 Å². The molecule has 0 spiro atoms. The average Bonchev–Trinajstić information content (AvgIpc) is 3.31. The van der Waals surface area contributed by atoms with Crippen LogP contribution >= 0.6 is 0 Å². The Morgan fingerprint density at radius 2 is 1.92 bits per heavy atom. The summed E-state index contributed by atoms with van der Waals surface area (Å²) in [4.78, 5) is 34.0. The number of pyridine rings is 1. The number of nitrogens with one attached hydrogen (secondary N) is 4. The van der Waals surface area contributed by atoms with Crippen LogP contribution in [0.5, 0.6) is 0 Å². The monoisotopic (exact) mass is 537 g/mol. The topological polar surface area (TPSA) is 119 Å².